The molecule has 3 aromatic rings. The van der Waals surface area contributed by atoms with Gasteiger partial charge in [0.1, 0.15) is 36.1 Å². The number of likely N-dealkylation sites (tertiary alicyclic amines) is 1. The second kappa shape index (κ2) is 8.79. The largest absolute Gasteiger partial charge is 0.508 e. The topological polar surface area (TPSA) is 141 Å². The van der Waals surface area contributed by atoms with Crippen molar-refractivity contribution in [2.24, 2.45) is 0 Å². The van der Waals surface area contributed by atoms with E-state index in [1.807, 2.05) is 4.90 Å². The summed E-state index contributed by atoms with van der Waals surface area (Å²) >= 11 is 6.26. The first kappa shape index (κ1) is 23.8. The van der Waals surface area contributed by atoms with E-state index < -0.39 is 42.2 Å². The van der Waals surface area contributed by atoms with Crippen LogP contribution in [0, 0.1) is 0 Å². The monoisotopic (exact) mass is 491 g/mol. The third-order valence-corrected chi connectivity index (χ3v) is 6.61. The van der Waals surface area contributed by atoms with Crippen molar-refractivity contribution in [3.05, 3.63) is 51.1 Å². The van der Waals surface area contributed by atoms with E-state index in [0.29, 0.717) is 23.6 Å². The van der Waals surface area contributed by atoms with Crippen molar-refractivity contribution in [1.82, 2.24) is 4.90 Å². The van der Waals surface area contributed by atoms with Gasteiger partial charge in [-0.05, 0) is 37.6 Å². The molecule has 0 bridgehead atoms. The summed E-state index contributed by atoms with van der Waals surface area (Å²) < 4.78 is 22.6. The van der Waals surface area contributed by atoms with Crippen molar-refractivity contribution < 1.29 is 33.5 Å². The van der Waals surface area contributed by atoms with Crippen LogP contribution in [0.1, 0.15) is 17.9 Å². The highest BCUT2D eigenvalue weighted by atomic mass is 35.5. The van der Waals surface area contributed by atoms with E-state index in [0.717, 1.165) is 6.07 Å². The van der Waals surface area contributed by atoms with Crippen molar-refractivity contribution in [2.45, 2.75) is 18.4 Å². The Hall–Kier alpha value is -2.33. The Morgan fingerprint density at radius 2 is 1.94 bits per heavy atom. The molecule has 4 rings (SSSR count). The summed E-state index contributed by atoms with van der Waals surface area (Å²) in [4.78, 5) is 33.7. The molecule has 0 amide bonds. The lowest BCUT2D eigenvalue weighted by Crippen LogP contribution is -2.42. The minimum Gasteiger partial charge on any atom is -0.508 e. The average Bonchev–Trinajstić information content (AvgIpc) is 2.72. The summed E-state index contributed by atoms with van der Waals surface area (Å²) in [6.07, 6.45) is -0.759. The lowest BCUT2D eigenvalue weighted by atomic mass is 9.80. The molecule has 1 aliphatic rings. The SMILES string of the molecule is [B]c1c(O)c([C@H]2CCN(C)C[C@H]2OP(=O)(O)O)c2oc(-c3ccccc3Cl)cc(=O)c2c1O. The number of piperidine rings is 1. The number of fused-ring (bicyclic) bond motifs is 1. The van der Waals surface area contributed by atoms with Crippen LogP contribution >= 0.6 is 19.4 Å². The summed E-state index contributed by atoms with van der Waals surface area (Å²) in [6.45, 7) is 0.633. The molecule has 2 aromatic carbocycles. The van der Waals surface area contributed by atoms with E-state index in [4.69, 9.17) is 28.4 Å². The van der Waals surface area contributed by atoms with Gasteiger partial charge in [-0.1, -0.05) is 23.7 Å². The third kappa shape index (κ3) is 4.55. The Kier molecular flexibility index (Phi) is 6.35. The first-order valence-corrected chi connectivity index (χ1v) is 11.9. The Bertz CT molecular complexity index is 1340. The van der Waals surface area contributed by atoms with Gasteiger partial charge in [-0.3, -0.25) is 9.32 Å². The molecule has 2 heterocycles. The molecular weight excluding hydrogens is 471 g/mol. The van der Waals surface area contributed by atoms with E-state index in [9.17, 15) is 29.4 Å². The van der Waals surface area contributed by atoms with Gasteiger partial charge in [0.2, 0.25) is 0 Å². The molecule has 1 aromatic heterocycles. The number of phenolic OH excluding ortho intramolecular Hbond substituents is 2. The van der Waals surface area contributed by atoms with Gasteiger partial charge in [0, 0.05) is 29.7 Å². The molecule has 2 radical (unpaired) electrons. The van der Waals surface area contributed by atoms with Crippen LogP contribution in [0.5, 0.6) is 11.5 Å². The lowest BCUT2D eigenvalue weighted by molar-refractivity contribution is 0.0545. The number of rotatable bonds is 4. The Balaban J connectivity index is 2.01. The zero-order valence-corrected chi connectivity index (χ0v) is 19.1. The number of aromatic hydroxyl groups is 2. The first-order chi connectivity index (χ1) is 15.5. The number of hydrogen-bond acceptors (Lipinski definition) is 7. The van der Waals surface area contributed by atoms with Gasteiger partial charge in [0.15, 0.2) is 5.43 Å². The summed E-state index contributed by atoms with van der Waals surface area (Å²) in [5.41, 5.74) is -0.791. The molecule has 0 unspecified atom stereocenters. The van der Waals surface area contributed by atoms with Gasteiger partial charge in [-0.2, -0.15) is 0 Å². The van der Waals surface area contributed by atoms with Crippen molar-refractivity contribution in [3.63, 3.8) is 0 Å². The first-order valence-electron chi connectivity index (χ1n) is 9.96. The van der Waals surface area contributed by atoms with Gasteiger partial charge >= 0.3 is 7.82 Å². The molecule has 33 heavy (non-hydrogen) atoms. The molecule has 9 nitrogen and oxygen atoms in total. The maximum Gasteiger partial charge on any atom is 0.469 e. The van der Waals surface area contributed by atoms with Crippen molar-refractivity contribution in [3.8, 4) is 22.8 Å². The summed E-state index contributed by atoms with van der Waals surface area (Å²) in [6, 6.07) is 7.81. The normalized spacial score (nSPS) is 19.8. The predicted octanol–water partition coefficient (Wildman–Crippen LogP) is 2.22. The zero-order chi connectivity index (χ0) is 24.1. The Labute approximate surface area is 194 Å². The molecule has 0 saturated carbocycles. The maximum absolute atomic E-state index is 13.0. The fourth-order valence-electron chi connectivity index (χ4n) is 4.23. The number of phosphoric acid groups is 1. The summed E-state index contributed by atoms with van der Waals surface area (Å²) in [7, 11) is 2.76. The highest BCUT2D eigenvalue weighted by molar-refractivity contribution is 7.46. The van der Waals surface area contributed by atoms with E-state index in [1.165, 1.54) is 0 Å². The maximum atomic E-state index is 13.0. The number of hydrogen-bond donors (Lipinski definition) is 4. The molecule has 4 N–H and O–H groups in total. The molecular formula is C21H20BClNO8P. The minimum absolute atomic E-state index is 0.0258. The van der Waals surface area contributed by atoms with Crippen LogP contribution in [-0.4, -0.2) is 59.0 Å². The number of phosphoric ester groups is 1. The Morgan fingerprint density at radius 3 is 2.61 bits per heavy atom. The van der Waals surface area contributed by atoms with Crippen molar-refractivity contribution in [1.29, 1.82) is 0 Å². The molecule has 172 valence electrons. The average molecular weight is 492 g/mol. The number of likely N-dealkylation sites (N-methyl/N-ethyl adjacent to an activating group) is 1. The van der Waals surface area contributed by atoms with Crippen LogP contribution in [0.25, 0.3) is 22.3 Å². The number of nitrogens with zero attached hydrogens (tertiary/aromatic N) is 1. The van der Waals surface area contributed by atoms with Gasteiger partial charge < -0.3 is 29.3 Å². The Morgan fingerprint density at radius 1 is 1.24 bits per heavy atom. The molecule has 0 aliphatic carbocycles. The van der Waals surface area contributed by atoms with E-state index in [1.54, 1.807) is 31.3 Å². The number of phenols is 2. The van der Waals surface area contributed by atoms with Crippen LogP contribution in [0.3, 0.4) is 0 Å². The van der Waals surface area contributed by atoms with Crippen LogP contribution in [0.15, 0.2) is 39.5 Å². The summed E-state index contributed by atoms with van der Waals surface area (Å²) in [5, 5.41) is 21.5. The fourth-order valence-corrected chi connectivity index (χ4v) is 5.02. The van der Waals surface area contributed by atoms with Gasteiger partial charge in [-0.15, -0.1) is 0 Å². The lowest BCUT2D eigenvalue weighted by Gasteiger charge is -2.37. The van der Waals surface area contributed by atoms with Gasteiger partial charge in [0.25, 0.3) is 0 Å². The minimum atomic E-state index is -4.89. The second-order valence-corrected chi connectivity index (χ2v) is 9.57. The second-order valence-electron chi connectivity index (χ2n) is 7.98. The fraction of sp³-hybridized carbons (Fsp3) is 0.286. The number of benzene rings is 2. The smallest absolute Gasteiger partial charge is 0.469 e. The van der Waals surface area contributed by atoms with E-state index in [-0.39, 0.29) is 28.8 Å². The van der Waals surface area contributed by atoms with Gasteiger partial charge in [0.05, 0.1) is 11.1 Å². The quantitative estimate of drug-likeness (QED) is 0.319. The molecule has 1 saturated heterocycles. The zero-order valence-electron chi connectivity index (χ0n) is 17.4. The molecule has 1 fully saturated rings. The van der Waals surface area contributed by atoms with Gasteiger partial charge in [-0.25, -0.2) is 4.57 Å². The third-order valence-electron chi connectivity index (χ3n) is 5.74. The van der Waals surface area contributed by atoms with Crippen LogP contribution in [0.2, 0.25) is 5.02 Å². The predicted molar refractivity (Wildman–Crippen MR) is 123 cm³/mol. The van der Waals surface area contributed by atoms with Crippen LogP contribution in [-0.2, 0) is 9.09 Å². The van der Waals surface area contributed by atoms with Crippen molar-refractivity contribution >= 4 is 43.7 Å². The summed E-state index contributed by atoms with van der Waals surface area (Å²) in [5.74, 6) is -1.91. The molecule has 1 aliphatic heterocycles. The highest BCUT2D eigenvalue weighted by Gasteiger charge is 2.38. The molecule has 0 spiro atoms. The van der Waals surface area contributed by atoms with Crippen LogP contribution in [0.4, 0.5) is 0 Å². The number of halogens is 1. The van der Waals surface area contributed by atoms with Crippen LogP contribution < -0.4 is 10.9 Å². The molecule has 12 heteroatoms. The highest BCUT2D eigenvalue weighted by Crippen LogP contribution is 2.47. The van der Waals surface area contributed by atoms with Crippen molar-refractivity contribution in [2.75, 3.05) is 20.1 Å². The standard InChI is InChI=1S/C21H20BClNO8P/c1-24-7-6-11(15(9-24)32-33(28,29)30)16-19(26)18(22)20(27)17-13(25)8-14(31-21(16)17)10-4-2-3-5-12(10)23/h2-5,8,11,15,26-27H,6-7,9H2,1H3,(H2,28,29,30)/t11-,15+/m0/s1. The van der Waals surface area contributed by atoms with E-state index in [2.05, 4.69) is 0 Å². The molecule has 2 atom stereocenters. The van der Waals surface area contributed by atoms with E-state index >= 15 is 0 Å².